The molecule has 3 amide bonds. The molecule has 1 aliphatic rings. The molecule has 1 heterocycles. The van der Waals surface area contributed by atoms with Crippen LogP contribution in [0.15, 0.2) is 24.3 Å². The Kier molecular flexibility index (Phi) is 7.36. The average Bonchev–Trinajstić information content (AvgIpc) is 3.00. The van der Waals surface area contributed by atoms with Crippen LogP contribution in [0.2, 0.25) is 0 Å². The summed E-state index contributed by atoms with van der Waals surface area (Å²) < 4.78 is 5.03. The van der Waals surface area contributed by atoms with Gasteiger partial charge in [0.2, 0.25) is 5.91 Å². The van der Waals surface area contributed by atoms with Crippen molar-refractivity contribution >= 4 is 29.4 Å². The van der Waals surface area contributed by atoms with Crippen molar-refractivity contribution in [1.82, 2.24) is 10.6 Å². The molecule has 152 valence electrons. The number of carbonyl (C=O) groups is 3. The Labute approximate surface area is 164 Å². The van der Waals surface area contributed by atoms with Gasteiger partial charge in [-0.05, 0) is 36.6 Å². The number of hydrogen-bond acceptors (Lipinski definition) is 5. The maximum atomic E-state index is 12.5. The van der Waals surface area contributed by atoms with Gasteiger partial charge in [-0.25, -0.2) is 4.79 Å². The van der Waals surface area contributed by atoms with E-state index in [4.69, 9.17) is 15.9 Å². The molecule has 0 bridgehead atoms. The Bertz CT molecular complexity index is 732. The van der Waals surface area contributed by atoms with Gasteiger partial charge in [0.05, 0.1) is 13.0 Å². The SMILES string of the molecule is CC(C)COC(=O)CCNC(=O)N[C@H]1CCN(c2ccc(C(=N)N)cc2)C1=O. The number of ether oxygens (including phenoxy) is 1. The van der Waals surface area contributed by atoms with Crippen molar-refractivity contribution < 1.29 is 19.1 Å². The van der Waals surface area contributed by atoms with Crippen LogP contribution in [0.5, 0.6) is 0 Å². The molecule has 1 atom stereocenters. The second kappa shape index (κ2) is 9.72. The first-order valence-electron chi connectivity index (χ1n) is 9.23. The number of nitrogens with one attached hydrogen (secondary N) is 3. The summed E-state index contributed by atoms with van der Waals surface area (Å²) in [5.41, 5.74) is 6.70. The number of nitrogens with two attached hydrogens (primary N) is 1. The molecule has 9 heteroatoms. The number of carbonyl (C=O) groups excluding carboxylic acids is 3. The predicted molar refractivity (Wildman–Crippen MR) is 105 cm³/mol. The molecule has 1 aliphatic heterocycles. The van der Waals surface area contributed by atoms with Gasteiger partial charge in [0.15, 0.2) is 0 Å². The summed E-state index contributed by atoms with van der Waals surface area (Å²) in [6.45, 7) is 4.85. The summed E-state index contributed by atoms with van der Waals surface area (Å²) >= 11 is 0. The highest BCUT2D eigenvalue weighted by atomic mass is 16.5. The van der Waals surface area contributed by atoms with Gasteiger partial charge < -0.3 is 26.0 Å². The van der Waals surface area contributed by atoms with Crippen LogP contribution in [0.4, 0.5) is 10.5 Å². The highest BCUT2D eigenvalue weighted by Crippen LogP contribution is 2.22. The van der Waals surface area contributed by atoms with Crippen LogP contribution in [0.25, 0.3) is 0 Å². The van der Waals surface area contributed by atoms with Crippen molar-refractivity contribution in [2.24, 2.45) is 11.7 Å². The molecule has 1 aromatic carbocycles. The summed E-state index contributed by atoms with van der Waals surface area (Å²) in [4.78, 5) is 37.6. The molecule has 0 aromatic heterocycles. The third kappa shape index (κ3) is 5.97. The molecule has 5 N–H and O–H groups in total. The second-order valence-electron chi connectivity index (χ2n) is 7.02. The molecule has 0 aliphatic carbocycles. The van der Waals surface area contributed by atoms with Gasteiger partial charge in [0.25, 0.3) is 0 Å². The Morgan fingerprint density at radius 2 is 2.00 bits per heavy atom. The van der Waals surface area contributed by atoms with E-state index in [0.29, 0.717) is 30.8 Å². The third-order valence-electron chi connectivity index (χ3n) is 4.19. The fraction of sp³-hybridized carbons (Fsp3) is 0.474. The molecule has 0 radical (unpaired) electrons. The van der Waals surface area contributed by atoms with E-state index in [9.17, 15) is 14.4 Å². The highest BCUT2D eigenvalue weighted by Gasteiger charge is 2.33. The van der Waals surface area contributed by atoms with Crippen LogP contribution in [0.1, 0.15) is 32.3 Å². The van der Waals surface area contributed by atoms with E-state index in [1.54, 1.807) is 29.2 Å². The maximum Gasteiger partial charge on any atom is 0.315 e. The minimum Gasteiger partial charge on any atom is -0.465 e. The number of rotatable bonds is 8. The van der Waals surface area contributed by atoms with Gasteiger partial charge >= 0.3 is 12.0 Å². The number of hydrogen-bond donors (Lipinski definition) is 4. The van der Waals surface area contributed by atoms with Crippen LogP contribution < -0.4 is 21.3 Å². The first-order valence-corrected chi connectivity index (χ1v) is 9.23. The molecule has 0 unspecified atom stereocenters. The maximum absolute atomic E-state index is 12.5. The van der Waals surface area contributed by atoms with Crippen molar-refractivity contribution in [3.63, 3.8) is 0 Å². The lowest BCUT2D eigenvalue weighted by molar-refractivity contribution is -0.144. The van der Waals surface area contributed by atoms with Crippen LogP contribution in [-0.4, -0.2) is 49.5 Å². The molecular formula is C19H27N5O4. The van der Waals surface area contributed by atoms with E-state index in [2.05, 4.69) is 10.6 Å². The number of esters is 1. The number of benzene rings is 1. The quantitative estimate of drug-likeness (QED) is 0.298. The van der Waals surface area contributed by atoms with Gasteiger partial charge in [-0.2, -0.15) is 0 Å². The van der Waals surface area contributed by atoms with Crippen LogP contribution in [0.3, 0.4) is 0 Å². The number of urea groups is 1. The first kappa shape index (κ1) is 21.2. The summed E-state index contributed by atoms with van der Waals surface area (Å²) in [5.74, 6) is -0.355. The van der Waals surface area contributed by atoms with E-state index in [1.807, 2.05) is 13.8 Å². The minimum absolute atomic E-state index is 0.0383. The van der Waals surface area contributed by atoms with E-state index in [1.165, 1.54) is 0 Å². The predicted octanol–water partition coefficient (Wildman–Crippen LogP) is 0.964. The molecule has 9 nitrogen and oxygen atoms in total. The molecule has 28 heavy (non-hydrogen) atoms. The van der Waals surface area contributed by atoms with Crippen molar-refractivity contribution in [3.8, 4) is 0 Å². The summed E-state index contributed by atoms with van der Waals surface area (Å²) in [6.07, 6.45) is 0.560. The summed E-state index contributed by atoms with van der Waals surface area (Å²) in [7, 11) is 0. The van der Waals surface area contributed by atoms with Gasteiger partial charge in [-0.3, -0.25) is 15.0 Å². The monoisotopic (exact) mass is 389 g/mol. The minimum atomic E-state index is -0.625. The third-order valence-corrected chi connectivity index (χ3v) is 4.19. The zero-order chi connectivity index (χ0) is 20.7. The molecule has 1 aromatic rings. The average molecular weight is 389 g/mol. The summed E-state index contributed by atoms with van der Waals surface area (Å²) in [5, 5.41) is 12.6. The number of nitrogens with zero attached hydrogens (tertiary/aromatic N) is 1. The largest absolute Gasteiger partial charge is 0.465 e. The van der Waals surface area contributed by atoms with Gasteiger partial charge in [-0.15, -0.1) is 0 Å². The van der Waals surface area contributed by atoms with Crippen molar-refractivity contribution in [2.45, 2.75) is 32.7 Å². The lowest BCUT2D eigenvalue weighted by Gasteiger charge is -2.18. The van der Waals surface area contributed by atoms with E-state index >= 15 is 0 Å². The number of amidine groups is 1. The normalized spacial score (nSPS) is 16.2. The summed E-state index contributed by atoms with van der Waals surface area (Å²) in [6, 6.07) is 5.68. The van der Waals surface area contributed by atoms with Gasteiger partial charge in [-0.1, -0.05) is 13.8 Å². The smallest absolute Gasteiger partial charge is 0.315 e. The standard InChI is InChI=1S/C19H27N5O4/c1-12(2)11-28-16(25)7-9-22-19(27)23-15-8-10-24(18(15)26)14-5-3-13(4-6-14)17(20)21/h3-6,12,15H,7-11H2,1-2H3,(H3,20,21)(H2,22,23,27)/t15-/m0/s1. The van der Waals surface area contributed by atoms with E-state index < -0.39 is 12.1 Å². The van der Waals surface area contributed by atoms with Crippen LogP contribution in [-0.2, 0) is 14.3 Å². The fourth-order valence-electron chi connectivity index (χ4n) is 2.71. The van der Waals surface area contributed by atoms with E-state index in [-0.39, 0.29) is 36.6 Å². The number of anilines is 1. The molecule has 1 fully saturated rings. The van der Waals surface area contributed by atoms with E-state index in [0.717, 1.165) is 0 Å². The molecule has 0 saturated carbocycles. The zero-order valence-corrected chi connectivity index (χ0v) is 16.2. The number of amides is 3. The molecular weight excluding hydrogens is 362 g/mol. The molecule has 2 rings (SSSR count). The Morgan fingerprint density at radius 3 is 2.61 bits per heavy atom. The van der Waals surface area contributed by atoms with Crippen molar-refractivity contribution in [3.05, 3.63) is 29.8 Å². The fourth-order valence-corrected chi connectivity index (χ4v) is 2.71. The Hall–Kier alpha value is -3.10. The van der Waals surface area contributed by atoms with Crippen molar-refractivity contribution in [2.75, 3.05) is 24.6 Å². The molecule has 0 spiro atoms. The van der Waals surface area contributed by atoms with Crippen LogP contribution in [0, 0.1) is 11.3 Å². The van der Waals surface area contributed by atoms with Gasteiger partial charge in [0, 0.05) is 24.3 Å². The van der Waals surface area contributed by atoms with Crippen molar-refractivity contribution in [1.29, 1.82) is 5.41 Å². The Morgan fingerprint density at radius 1 is 1.32 bits per heavy atom. The second-order valence-corrected chi connectivity index (χ2v) is 7.02. The first-order chi connectivity index (χ1) is 13.3. The topological polar surface area (TPSA) is 138 Å². The highest BCUT2D eigenvalue weighted by molar-refractivity contribution is 6.02. The Balaban J connectivity index is 1.77. The van der Waals surface area contributed by atoms with Gasteiger partial charge in [0.1, 0.15) is 11.9 Å². The zero-order valence-electron chi connectivity index (χ0n) is 16.2. The lowest BCUT2D eigenvalue weighted by atomic mass is 10.2. The lowest BCUT2D eigenvalue weighted by Crippen LogP contribution is -2.46. The molecule has 1 saturated heterocycles. The van der Waals surface area contributed by atoms with Crippen LogP contribution >= 0.6 is 0 Å². The number of nitrogen functional groups attached to an aromatic ring is 1.